The Morgan fingerprint density at radius 1 is 1.41 bits per heavy atom. The molecule has 0 saturated heterocycles. The monoisotopic (exact) mass is 259 g/mol. The summed E-state index contributed by atoms with van der Waals surface area (Å²) in [6.45, 7) is 1.08. The highest BCUT2D eigenvalue weighted by molar-refractivity contribution is 6.32. The molecule has 1 rings (SSSR count). The molecule has 1 heterocycles. The molecule has 0 unspecified atom stereocenters. The molecule has 0 amide bonds. The molecule has 1 aromatic heterocycles. The predicted molar refractivity (Wildman–Crippen MR) is 67.8 cm³/mol. The molecule has 17 heavy (non-hydrogen) atoms. The van der Waals surface area contributed by atoms with Crippen molar-refractivity contribution in [2.24, 2.45) is 0 Å². The first-order valence-electron chi connectivity index (χ1n) is 5.57. The number of aliphatic hydroxyl groups is 1. The number of nitrogens with zero attached hydrogens (tertiary/aromatic N) is 3. The molecule has 0 aliphatic heterocycles. The van der Waals surface area contributed by atoms with Gasteiger partial charge in [-0.15, -0.1) is 0 Å². The lowest BCUT2D eigenvalue weighted by molar-refractivity contribution is 0.283. The Labute approximate surface area is 106 Å². The van der Waals surface area contributed by atoms with E-state index in [1.807, 2.05) is 11.9 Å². The first-order valence-corrected chi connectivity index (χ1v) is 5.95. The minimum Gasteiger partial charge on any atom is -0.467 e. The van der Waals surface area contributed by atoms with Gasteiger partial charge in [0.15, 0.2) is 5.82 Å². The molecule has 6 heteroatoms. The zero-order chi connectivity index (χ0) is 12.7. The second kappa shape index (κ2) is 7.29. The number of aliphatic hydroxyl groups excluding tert-OH is 1. The van der Waals surface area contributed by atoms with Gasteiger partial charge in [0, 0.05) is 20.2 Å². The summed E-state index contributed by atoms with van der Waals surface area (Å²) in [4.78, 5) is 10.1. The maximum Gasteiger partial charge on any atom is 0.318 e. The van der Waals surface area contributed by atoms with Gasteiger partial charge in [0.1, 0.15) is 5.02 Å². The van der Waals surface area contributed by atoms with Gasteiger partial charge in [-0.05, 0) is 19.3 Å². The molecule has 0 aliphatic carbocycles. The van der Waals surface area contributed by atoms with E-state index in [4.69, 9.17) is 21.4 Å². The van der Waals surface area contributed by atoms with E-state index in [0.717, 1.165) is 25.8 Å². The molecule has 0 aromatic carbocycles. The first-order chi connectivity index (χ1) is 8.19. The normalized spacial score (nSPS) is 10.4. The van der Waals surface area contributed by atoms with Crippen LogP contribution in [0.1, 0.15) is 19.3 Å². The number of unbranched alkanes of at least 4 members (excludes halogenated alkanes) is 2. The summed E-state index contributed by atoms with van der Waals surface area (Å²) in [5, 5.41) is 9.20. The molecule has 0 bridgehead atoms. The third-order valence-corrected chi connectivity index (χ3v) is 2.67. The Morgan fingerprint density at radius 2 is 2.18 bits per heavy atom. The molecule has 0 saturated carbocycles. The Bertz CT molecular complexity index is 349. The highest BCUT2D eigenvalue weighted by Crippen LogP contribution is 2.23. The van der Waals surface area contributed by atoms with E-state index in [2.05, 4.69) is 9.97 Å². The summed E-state index contributed by atoms with van der Waals surface area (Å²) in [5.41, 5.74) is 0. The number of anilines is 1. The molecule has 0 spiro atoms. The van der Waals surface area contributed by atoms with Gasteiger partial charge in [0.05, 0.1) is 13.3 Å². The third kappa shape index (κ3) is 4.36. The van der Waals surface area contributed by atoms with Gasteiger partial charge >= 0.3 is 6.01 Å². The second-order valence-corrected chi connectivity index (χ2v) is 4.14. The number of ether oxygens (including phenoxy) is 1. The molecule has 0 aliphatic rings. The van der Waals surface area contributed by atoms with Crippen LogP contribution in [0.15, 0.2) is 6.20 Å². The van der Waals surface area contributed by atoms with Crippen molar-refractivity contribution < 1.29 is 9.84 Å². The number of hydrogen-bond donors (Lipinski definition) is 1. The topological polar surface area (TPSA) is 58.5 Å². The van der Waals surface area contributed by atoms with Gasteiger partial charge in [0.2, 0.25) is 0 Å². The summed E-state index contributed by atoms with van der Waals surface area (Å²) in [7, 11) is 3.45. The molecule has 5 nitrogen and oxygen atoms in total. The Hall–Kier alpha value is -1.07. The highest BCUT2D eigenvalue weighted by atomic mass is 35.5. The summed E-state index contributed by atoms with van der Waals surface area (Å²) in [5.74, 6) is 0.669. The fraction of sp³-hybridized carbons (Fsp3) is 0.636. The number of methoxy groups -OCH3 is 1. The minimum absolute atomic E-state index is 0.242. The second-order valence-electron chi connectivity index (χ2n) is 3.73. The average molecular weight is 260 g/mol. The van der Waals surface area contributed by atoms with E-state index >= 15 is 0 Å². The van der Waals surface area contributed by atoms with Gasteiger partial charge < -0.3 is 14.7 Å². The van der Waals surface area contributed by atoms with E-state index < -0.39 is 0 Å². The van der Waals surface area contributed by atoms with Gasteiger partial charge in [-0.1, -0.05) is 11.6 Å². The van der Waals surface area contributed by atoms with Crippen molar-refractivity contribution in [3.8, 4) is 6.01 Å². The molecule has 1 N–H and O–H groups in total. The summed E-state index contributed by atoms with van der Waals surface area (Å²) >= 11 is 6.03. The molecule has 0 atom stereocenters. The molecule has 0 fully saturated rings. The lowest BCUT2D eigenvalue weighted by Crippen LogP contribution is -2.20. The van der Waals surface area contributed by atoms with Crippen LogP contribution in [0.2, 0.25) is 5.02 Å². The molecule has 1 aromatic rings. The lowest BCUT2D eigenvalue weighted by Gasteiger charge is -2.19. The Kier molecular flexibility index (Phi) is 6.00. The fourth-order valence-corrected chi connectivity index (χ4v) is 1.69. The van der Waals surface area contributed by atoms with Crippen molar-refractivity contribution in [1.29, 1.82) is 0 Å². The van der Waals surface area contributed by atoms with Crippen molar-refractivity contribution >= 4 is 17.4 Å². The van der Waals surface area contributed by atoms with Gasteiger partial charge in [-0.3, -0.25) is 0 Å². The van der Waals surface area contributed by atoms with Crippen molar-refractivity contribution in [3.63, 3.8) is 0 Å². The van der Waals surface area contributed by atoms with Crippen molar-refractivity contribution in [1.82, 2.24) is 9.97 Å². The predicted octanol–water partition coefficient (Wildman–Crippen LogP) is 1.74. The van der Waals surface area contributed by atoms with Crippen LogP contribution in [0.4, 0.5) is 5.82 Å². The number of rotatable bonds is 7. The van der Waals surface area contributed by atoms with Crippen molar-refractivity contribution in [3.05, 3.63) is 11.2 Å². The van der Waals surface area contributed by atoms with Crippen LogP contribution in [-0.4, -0.2) is 42.4 Å². The summed E-state index contributed by atoms with van der Waals surface area (Å²) < 4.78 is 4.96. The largest absolute Gasteiger partial charge is 0.467 e. The van der Waals surface area contributed by atoms with Crippen LogP contribution in [-0.2, 0) is 0 Å². The quantitative estimate of drug-likeness (QED) is 0.756. The van der Waals surface area contributed by atoms with Crippen molar-refractivity contribution in [2.45, 2.75) is 19.3 Å². The number of halogens is 1. The molecular formula is C11H18ClN3O2. The van der Waals surface area contributed by atoms with Gasteiger partial charge in [-0.25, -0.2) is 4.98 Å². The maximum absolute atomic E-state index is 8.69. The SMILES string of the molecule is COc1ncc(Cl)c(N(C)CCCCCO)n1. The lowest BCUT2D eigenvalue weighted by atomic mass is 10.2. The van der Waals surface area contributed by atoms with E-state index in [-0.39, 0.29) is 6.61 Å². The smallest absolute Gasteiger partial charge is 0.318 e. The van der Waals surface area contributed by atoms with Crippen LogP contribution < -0.4 is 9.64 Å². The van der Waals surface area contributed by atoms with E-state index in [0.29, 0.717) is 16.9 Å². The Morgan fingerprint density at radius 3 is 2.82 bits per heavy atom. The standard InChI is InChI=1S/C11H18ClN3O2/c1-15(6-4-3-5-7-16)10-9(12)8-13-11(14-10)17-2/h8,16H,3-7H2,1-2H3. The van der Waals surface area contributed by atoms with E-state index in [1.54, 1.807) is 0 Å². The summed E-state index contributed by atoms with van der Waals surface area (Å²) in [6.07, 6.45) is 4.34. The molecule has 0 radical (unpaired) electrons. The van der Waals surface area contributed by atoms with Crippen LogP contribution in [0, 0.1) is 0 Å². The number of aromatic nitrogens is 2. The molecular weight excluding hydrogens is 242 g/mol. The number of hydrogen-bond acceptors (Lipinski definition) is 5. The zero-order valence-corrected chi connectivity index (χ0v) is 10.9. The third-order valence-electron chi connectivity index (χ3n) is 2.40. The van der Waals surface area contributed by atoms with E-state index in [9.17, 15) is 0 Å². The Balaban J connectivity index is 2.57. The highest BCUT2D eigenvalue weighted by Gasteiger charge is 2.10. The van der Waals surface area contributed by atoms with Crippen LogP contribution >= 0.6 is 11.6 Å². The molecule has 96 valence electrons. The van der Waals surface area contributed by atoms with Crippen LogP contribution in [0.3, 0.4) is 0 Å². The van der Waals surface area contributed by atoms with Crippen LogP contribution in [0.25, 0.3) is 0 Å². The van der Waals surface area contributed by atoms with Crippen LogP contribution in [0.5, 0.6) is 6.01 Å². The zero-order valence-electron chi connectivity index (χ0n) is 10.2. The van der Waals surface area contributed by atoms with Gasteiger partial charge in [-0.2, -0.15) is 4.98 Å². The average Bonchev–Trinajstić information content (AvgIpc) is 2.35. The fourth-order valence-electron chi connectivity index (χ4n) is 1.45. The first kappa shape index (κ1) is 14.0. The van der Waals surface area contributed by atoms with Crippen molar-refractivity contribution in [2.75, 3.05) is 32.2 Å². The maximum atomic E-state index is 8.69. The van der Waals surface area contributed by atoms with E-state index in [1.165, 1.54) is 13.3 Å². The minimum atomic E-state index is 0.242. The summed E-state index contributed by atoms with van der Waals surface area (Å²) in [6, 6.07) is 0.312. The van der Waals surface area contributed by atoms with Gasteiger partial charge in [0.25, 0.3) is 0 Å².